The van der Waals surface area contributed by atoms with Crippen molar-refractivity contribution in [2.75, 3.05) is 33.5 Å². The SMILES string of the molecule is CCNC(COCCOC)c1cccc(CC)c1. The average Bonchev–Trinajstić information content (AvgIpc) is 2.42. The van der Waals surface area contributed by atoms with Crippen molar-refractivity contribution in [3.8, 4) is 0 Å². The Balaban J connectivity index is 2.58. The van der Waals surface area contributed by atoms with Gasteiger partial charge in [0, 0.05) is 7.11 Å². The van der Waals surface area contributed by atoms with Crippen LogP contribution in [0.25, 0.3) is 0 Å². The molecule has 3 heteroatoms. The molecule has 3 nitrogen and oxygen atoms in total. The lowest BCUT2D eigenvalue weighted by atomic mass is 10.0. The molecule has 0 fully saturated rings. The average molecular weight is 251 g/mol. The van der Waals surface area contributed by atoms with Gasteiger partial charge in [-0.25, -0.2) is 0 Å². The molecule has 0 aliphatic heterocycles. The van der Waals surface area contributed by atoms with Crippen LogP contribution in [0.2, 0.25) is 0 Å². The number of aryl methyl sites for hydroxylation is 1. The molecule has 0 spiro atoms. The Morgan fingerprint density at radius 1 is 1.22 bits per heavy atom. The van der Waals surface area contributed by atoms with Crippen LogP contribution in [0.15, 0.2) is 24.3 Å². The van der Waals surface area contributed by atoms with Gasteiger partial charge in [0.2, 0.25) is 0 Å². The van der Waals surface area contributed by atoms with Crippen LogP contribution < -0.4 is 5.32 Å². The van der Waals surface area contributed by atoms with Gasteiger partial charge in [0.1, 0.15) is 0 Å². The summed E-state index contributed by atoms with van der Waals surface area (Å²) in [6.07, 6.45) is 1.07. The molecule has 0 bridgehead atoms. The lowest BCUT2D eigenvalue weighted by Crippen LogP contribution is -2.26. The second-order valence-electron chi connectivity index (χ2n) is 4.28. The number of methoxy groups -OCH3 is 1. The number of rotatable bonds is 9. The molecular formula is C15H25NO2. The van der Waals surface area contributed by atoms with E-state index in [-0.39, 0.29) is 6.04 Å². The Kier molecular flexibility index (Phi) is 7.65. The quantitative estimate of drug-likeness (QED) is 0.684. The molecule has 0 heterocycles. The maximum atomic E-state index is 5.63. The van der Waals surface area contributed by atoms with Crippen molar-refractivity contribution in [3.05, 3.63) is 35.4 Å². The number of ether oxygens (including phenoxy) is 2. The molecule has 0 aliphatic rings. The summed E-state index contributed by atoms with van der Waals surface area (Å²) in [7, 11) is 1.69. The summed E-state index contributed by atoms with van der Waals surface area (Å²) in [6, 6.07) is 8.96. The first-order valence-electron chi connectivity index (χ1n) is 6.70. The monoisotopic (exact) mass is 251 g/mol. The van der Waals surface area contributed by atoms with Crippen LogP contribution in [0.5, 0.6) is 0 Å². The smallest absolute Gasteiger partial charge is 0.0701 e. The number of hydrogen-bond donors (Lipinski definition) is 1. The molecule has 1 aromatic rings. The second-order valence-corrected chi connectivity index (χ2v) is 4.28. The molecule has 0 aliphatic carbocycles. The molecule has 1 unspecified atom stereocenters. The van der Waals surface area contributed by atoms with Crippen molar-refractivity contribution < 1.29 is 9.47 Å². The third kappa shape index (κ3) is 5.17. The van der Waals surface area contributed by atoms with Crippen molar-refractivity contribution >= 4 is 0 Å². The number of benzene rings is 1. The molecule has 1 atom stereocenters. The van der Waals surface area contributed by atoms with Crippen LogP contribution in [0, 0.1) is 0 Å². The number of nitrogens with one attached hydrogen (secondary N) is 1. The van der Waals surface area contributed by atoms with E-state index in [0.717, 1.165) is 13.0 Å². The van der Waals surface area contributed by atoms with E-state index in [1.54, 1.807) is 7.11 Å². The molecule has 1 rings (SSSR count). The van der Waals surface area contributed by atoms with Crippen molar-refractivity contribution in [2.45, 2.75) is 26.3 Å². The zero-order valence-electron chi connectivity index (χ0n) is 11.7. The van der Waals surface area contributed by atoms with Crippen LogP contribution in [0.1, 0.15) is 31.0 Å². The van der Waals surface area contributed by atoms with Crippen LogP contribution in [0.4, 0.5) is 0 Å². The molecule has 0 saturated heterocycles. The Bertz CT molecular complexity index is 328. The fourth-order valence-electron chi connectivity index (χ4n) is 1.89. The van der Waals surface area contributed by atoms with Gasteiger partial charge in [-0.3, -0.25) is 0 Å². The lowest BCUT2D eigenvalue weighted by Gasteiger charge is -2.19. The minimum Gasteiger partial charge on any atom is -0.382 e. The summed E-state index contributed by atoms with van der Waals surface area (Å²) in [4.78, 5) is 0. The minimum atomic E-state index is 0.262. The standard InChI is InChI=1S/C15H25NO2/c1-4-13-7-6-8-14(11-13)15(16-5-2)12-18-10-9-17-3/h6-8,11,15-16H,4-5,9-10,12H2,1-3H3. The van der Waals surface area contributed by atoms with E-state index in [0.29, 0.717) is 19.8 Å². The van der Waals surface area contributed by atoms with Crippen LogP contribution in [-0.2, 0) is 15.9 Å². The fourth-order valence-corrected chi connectivity index (χ4v) is 1.89. The minimum absolute atomic E-state index is 0.262. The van der Waals surface area contributed by atoms with Gasteiger partial charge in [-0.2, -0.15) is 0 Å². The van der Waals surface area contributed by atoms with Crippen molar-refractivity contribution in [1.29, 1.82) is 0 Å². The first kappa shape index (κ1) is 15.2. The molecule has 0 aromatic heterocycles. The molecule has 102 valence electrons. The molecule has 0 saturated carbocycles. The van der Waals surface area contributed by atoms with E-state index < -0.39 is 0 Å². The van der Waals surface area contributed by atoms with Gasteiger partial charge in [-0.05, 0) is 24.1 Å². The van der Waals surface area contributed by atoms with Gasteiger partial charge in [-0.1, -0.05) is 38.1 Å². The van der Waals surface area contributed by atoms with Crippen LogP contribution in [-0.4, -0.2) is 33.5 Å². The summed E-state index contributed by atoms with van der Waals surface area (Å²) in [5.41, 5.74) is 2.67. The normalized spacial score (nSPS) is 12.6. The van der Waals surface area contributed by atoms with Gasteiger partial charge in [0.25, 0.3) is 0 Å². The predicted molar refractivity (Wildman–Crippen MR) is 74.9 cm³/mol. The summed E-state index contributed by atoms with van der Waals surface area (Å²) in [5.74, 6) is 0. The zero-order valence-corrected chi connectivity index (χ0v) is 11.7. The van der Waals surface area contributed by atoms with Gasteiger partial charge in [-0.15, -0.1) is 0 Å². The van der Waals surface area contributed by atoms with Gasteiger partial charge in [0.15, 0.2) is 0 Å². The van der Waals surface area contributed by atoms with Gasteiger partial charge in [0.05, 0.1) is 25.9 Å². The van der Waals surface area contributed by atoms with E-state index in [2.05, 4.69) is 43.4 Å². The van der Waals surface area contributed by atoms with E-state index in [1.165, 1.54) is 11.1 Å². The Hall–Kier alpha value is -0.900. The van der Waals surface area contributed by atoms with Crippen molar-refractivity contribution in [1.82, 2.24) is 5.32 Å². The maximum absolute atomic E-state index is 5.63. The van der Waals surface area contributed by atoms with Crippen molar-refractivity contribution in [3.63, 3.8) is 0 Å². The number of hydrogen-bond acceptors (Lipinski definition) is 3. The number of likely N-dealkylation sites (N-methyl/N-ethyl adjacent to an activating group) is 1. The van der Waals surface area contributed by atoms with E-state index in [1.807, 2.05) is 0 Å². The van der Waals surface area contributed by atoms with E-state index in [9.17, 15) is 0 Å². The second kappa shape index (κ2) is 9.09. The third-order valence-corrected chi connectivity index (χ3v) is 2.93. The lowest BCUT2D eigenvalue weighted by molar-refractivity contribution is 0.0588. The first-order valence-corrected chi connectivity index (χ1v) is 6.70. The highest BCUT2D eigenvalue weighted by atomic mass is 16.5. The largest absolute Gasteiger partial charge is 0.382 e. The predicted octanol–water partition coefficient (Wildman–Crippen LogP) is 2.56. The third-order valence-electron chi connectivity index (χ3n) is 2.93. The van der Waals surface area contributed by atoms with E-state index >= 15 is 0 Å². The highest BCUT2D eigenvalue weighted by Crippen LogP contribution is 2.15. The zero-order chi connectivity index (χ0) is 13.2. The summed E-state index contributed by atoms with van der Waals surface area (Å²) < 4.78 is 10.6. The molecule has 0 amide bonds. The highest BCUT2D eigenvalue weighted by Gasteiger charge is 2.10. The van der Waals surface area contributed by atoms with Crippen LogP contribution >= 0.6 is 0 Å². The van der Waals surface area contributed by atoms with Crippen LogP contribution in [0.3, 0.4) is 0 Å². The van der Waals surface area contributed by atoms with E-state index in [4.69, 9.17) is 9.47 Å². The summed E-state index contributed by atoms with van der Waals surface area (Å²) in [6.45, 7) is 7.21. The molecule has 18 heavy (non-hydrogen) atoms. The Morgan fingerprint density at radius 2 is 2.06 bits per heavy atom. The van der Waals surface area contributed by atoms with Gasteiger partial charge < -0.3 is 14.8 Å². The molecule has 1 N–H and O–H groups in total. The molecule has 0 radical (unpaired) electrons. The highest BCUT2D eigenvalue weighted by molar-refractivity contribution is 5.26. The molecular weight excluding hydrogens is 226 g/mol. The Labute approximate surface area is 110 Å². The first-order chi connectivity index (χ1) is 8.81. The maximum Gasteiger partial charge on any atom is 0.0701 e. The summed E-state index contributed by atoms with van der Waals surface area (Å²) >= 11 is 0. The fraction of sp³-hybridized carbons (Fsp3) is 0.600. The topological polar surface area (TPSA) is 30.5 Å². The van der Waals surface area contributed by atoms with Crippen molar-refractivity contribution in [2.24, 2.45) is 0 Å². The summed E-state index contributed by atoms with van der Waals surface area (Å²) in [5, 5.41) is 3.46. The molecule has 1 aromatic carbocycles. The Morgan fingerprint density at radius 3 is 2.72 bits per heavy atom. The van der Waals surface area contributed by atoms with Gasteiger partial charge >= 0.3 is 0 Å².